The average molecular weight is 200 g/mol. The van der Waals surface area contributed by atoms with Crippen LogP contribution in [0.1, 0.15) is 12.8 Å². The number of nitrogens with two attached hydrogens (primary N) is 1. The fraction of sp³-hybridized carbons (Fsp3) is 0.857. The molecule has 0 bridgehead atoms. The van der Waals surface area contributed by atoms with Crippen molar-refractivity contribution in [1.29, 1.82) is 0 Å². The number of ether oxygens (including phenoxy) is 1. The maximum absolute atomic E-state index is 11.6. The van der Waals surface area contributed by atoms with Gasteiger partial charge >= 0.3 is 7.12 Å². The van der Waals surface area contributed by atoms with Gasteiger partial charge in [-0.15, -0.1) is 0 Å². The summed E-state index contributed by atoms with van der Waals surface area (Å²) in [5.74, 6) is -0.823. The van der Waals surface area contributed by atoms with Gasteiger partial charge in [-0.25, -0.2) is 0 Å². The molecule has 14 heavy (non-hydrogen) atoms. The summed E-state index contributed by atoms with van der Waals surface area (Å²) < 4.78 is 5.32. The number of fused-ring (bicyclic) bond motifs is 1. The molecule has 3 atom stereocenters. The molecule has 0 aromatic carbocycles. The molecule has 7 heteroatoms. The molecule has 1 amide bonds. The Morgan fingerprint density at radius 2 is 2.21 bits per heavy atom. The second-order valence-electron chi connectivity index (χ2n) is 3.70. The number of carbonyl (C=O) groups is 1. The predicted octanol–water partition coefficient (Wildman–Crippen LogP) is -2.33. The summed E-state index contributed by atoms with van der Waals surface area (Å²) in [4.78, 5) is 13.0. The highest BCUT2D eigenvalue weighted by atomic mass is 16.5. The first-order chi connectivity index (χ1) is 6.61. The smallest absolute Gasteiger partial charge is 0.426 e. The third-order valence-corrected chi connectivity index (χ3v) is 2.76. The first-order valence-electron chi connectivity index (χ1n) is 4.66. The highest BCUT2D eigenvalue weighted by Crippen LogP contribution is 2.28. The first kappa shape index (κ1) is 9.91. The van der Waals surface area contributed by atoms with Crippen LogP contribution in [-0.4, -0.2) is 52.8 Å². The molecule has 2 aliphatic heterocycles. The Morgan fingerprint density at radius 3 is 2.86 bits per heavy atom. The molecule has 78 valence electrons. The SMILES string of the molecule is N[C@@H]1CO[C@@H]2CC[C@@H](B(O)O)N2C1=O. The lowest BCUT2D eigenvalue weighted by Gasteiger charge is -2.36. The van der Waals surface area contributed by atoms with Crippen LogP contribution < -0.4 is 5.73 Å². The van der Waals surface area contributed by atoms with Crippen LogP contribution in [0.4, 0.5) is 0 Å². The monoisotopic (exact) mass is 200 g/mol. The van der Waals surface area contributed by atoms with Crippen LogP contribution in [0.5, 0.6) is 0 Å². The minimum atomic E-state index is -1.52. The summed E-state index contributed by atoms with van der Waals surface area (Å²) in [6.07, 6.45) is 0.857. The van der Waals surface area contributed by atoms with Crippen molar-refractivity contribution in [2.24, 2.45) is 5.73 Å². The molecule has 2 aliphatic rings. The fourth-order valence-corrected chi connectivity index (χ4v) is 2.04. The van der Waals surface area contributed by atoms with Crippen LogP contribution in [0, 0.1) is 0 Å². The molecule has 0 radical (unpaired) electrons. The van der Waals surface area contributed by atoms with E-state index >= 15 is 0 Å². The normalized spacial score (nSPS) is 37.2. The summed E-state index contributed by atoms with van der Waals surface area (Å²) >= 11 is 0. The Balaban J connectivity index is 2.16. The highest BCUT2D eigenvalue weighted by molar-refractivity contribution is 6.43. The van der Waals surface area contributed by atoms with Gasteiger partial charge in [0.05, 0.1) is 12.5 Å². The Hall–Kier alpha value is -0.625. The number of hydrogen-bond donors (Lipinski definition) is 3. The molecule has 0 aromatic heterocycles. The Labute approximate surface area is 81.8 Å². The maximum Gasteiger partial charge on any atom is 0.475 e. The second-order valence-corrected chi connectivity index (χ2v) is 3.70. The van der Waals surface area contributed by atoms with Gasteiger partial charge in [0.15, 0.2) is 0 Å². The quantitative estimate of drug-likeness (QED) is 0.412. The average Bonchev–Trinajstić information content (AvgIpc) is 2.55. The first-order valence-corrected chi connectivity index (χ1v) is 4.66. The molecular formula is C7H13BN2O4. The molecule has 0 spiro atoms. The zero-order chi connectivity index (χ0) is 10.3. The molecule has 0 aliphatic carbocycles. The molecule has 4 N–H and O–H groups in total. The molecule has 2 fully saturated rings. The van der Waals surface area contributed by atoms with Gasteiger partial charge in [-0.05, 0) is 12.8 Å². The molecule has 2 rings (SSSR count). The lowest BCUT2D eigenvalue weighted by Crippen LogP contribution is -2.59. The lowest BCUT2D eigenvalue weighted by atomic mass is 9.78. The van der Waals surface area contributed by atoms with E-state index in [4.69, 9.17) is 20.5 Å². The third-order valence-electron chi connectivity index (χ3n) is 2.76. The summed E-state index contributed by atoms with van der Waals surface area (Å²) in [7, 11) is -1.52. The van der Waals surface area contributed by atoms with Gasteiger partial charge in [-0.3, -0.25) is 4.79 Å². The van der Waals surface area contributed by atoms with Crippen molar-refractivity contribution in [3.8, 4) is 0 Å². The molecule has 6 nitrogen and oxygen atoms in total. The van der Waals surface area contributed by atoms with E-state index in [1.165, 1.54) is 4.90 Å². The standard InChI is InChI=1S/C7H13BN2O4/c9-4-3-14-6-2-1-5(8(12)13)10(6)7(4)11/h4-6,12-13H,1-3,9H2/t4-,5+,6-/m1/s1. The van der Waals surface area contributed by atoms with Crippen molar-refractivity contribution in [2.75, 3.05) is 6.61 Å². The summed E-state index contributed by atoms with van der Waals surface area (Å²) in [5, 5.41) is 18.1. The molecule has 2 saturated heterocycles. The van der Waals surface area contributed by atoms with E-state index in [1.54, 1.807) is 0 Å². The van der Waals surface area contributed by atoms with Crippen LogP contribution in [0.2, 0.25) is 0 Å². The largest absolute Gasteiger partial charge is 0.475 e. The van der Waals surface area contributed by atoms with Crippen molar-refractivity contribution >= 4 is 13.0 Å². The third kappa shape index (κ3) is 1.42. The number of hydrogen-bond acceptors (Lipinski definition) is 5. The zero-order valence-corrected chi connectivity index (χ0v) is 7.67. The van der Waals surface area contributed by atoms with Crippen molar-refractivity contribution in [2.45, 2.75) is 31.1 Å². The van der Waals surface area contributed by atoms with E-state index in [2.05, 4.69) is 0 Å². The molecule has 0 saturated carbocycles. The van der Waals surface area contributed by atoms with E-state index < -0.39 is 19.1 Å². The number of amides is 1. The molecule has 0 unspecified atom stereocenters. The topological polar surface area (TPSA) is 96.0 Å². The highest BCUT2D eigenvalue weighted by Gasteiger charge is 2.47. The lowest BCUT2D eigenvalue weighted by molar-refractivity contribution is -0.159. The maximum atomic E-state index is 11.6. The van der Waals surface area contributed by atoms with Crippen molar-refractivity contribution in [1.82, 2.24) is 4.90 Å². The van der Waals surface area contributed by atoms with Gasteiger partial charge in [0.2, 0.25) is 5.91 Å². The number of nitrogens with zero attached hydrogens (tertiary/aromatic N) is 1. The molecule has 2 heterocycles. The van der Waals surface area contributed by atoms with Crippen molar-refractivity contribution in [3.63, 3.8) is 0 Å². The minimum Gasteiger partial charge on any atom is -0.426 e. The Morgan fingerprint density at radius 1 is 1.50 bits per heavy atom. The minimum absolute atomic E-state index is 0.217. The number of carbonyl (C=O) groups excluding carboxylic acids is 1. The van der Waals surface area contributed by atoms with Crippen LogP contribution >= 0.6 is 0 Å². The molecular weight excluding hydrogens is 187 g/mol. The van der Waals surface area contributed by atoms with Gasteiger partial charge in [0.25, 0.3) is 0 Å². The zero-order valence-electron chi connectivity index (χ0n) is 7.67. The van der Waals surface area contributed by atoms with Gasteiger partial charge in [0, 0.05) is 0 Å². The van der Waals surface area contributed by atoms with Crippen molar-refractivity contribution < 1.29 is 19.6 Å². The van der Waals surface area contributed by atoms with E-state index in [1.807, 2.05) is 0 Å². The second kappa shape index (κ2) is 3.50. The molecule has 0 aromatic rings. The summed E-state index contributed by atoms with van der Waals surface area (Å²) in [5.41, 5.74) is 5.52. The summed E-state index contributed by atoms with van der Waals surface area (Å²) in [6, 6.07) is -0.675. The van der Waals surface area contributed by atoms with E-state index in [0.29, 0.717) is 12.8 Å². The Bertz CT molecular complexity index is 250. The van der Waals surface area contributed by atoms with Crippen molar-refractivity contribution in [3.05, 3.63) is 0 Å². The van der Waals surface area contributed by atoms with Crippen LogP contribution in [0.3, 0.4) is 0 Å². The van der Waals surface area contributed by atoms with Gasteiger partial charge < -0.3 is 25.4 Å². The number of rotatable bonds is 1. The van der Waals surface area contributed by atoms with Gasteiger partial charge in [0.1, 0.15) is 12.3 Å². The van der Waals surface area contributed by atoms with Crippen LogP contribution in [0.25, 0.3) is 0 Å². The Kier molecular flexibility index (Phi) is 2.48. The van der Waals surface area contributed by atoms with E-state index in [9.17, 15) is 4.79 Å². The van der Waals surface area contributed by atoms with E-state index in [0.717, 1.165) is 0 Å². The van der Waals surface area contributed by atoms with Crippen LogP contribution in [0.15, 0.2) is 0 Å². The van der Waals surface area contributed by atoms with Gasteiger partial charge in [-0.2, -0.15) is 0 Å². The van der Waals surface area contributed by atoms with Gasteiger partial charge in [-0.1, -0.05) is 0 Å². The summed E-state index contributed by atoms with van der Waals surface area (Å²) in [6.45, 7) is 0.217. The van der Waals surface area contributed by atoms with Crippen LogP contribution in [-0.2, 0) is 9.53 Å². The predicted molar refractivity (Wildman–Crippen MR) is 47.8 cm³/mol. The fourth-order valence-electron chi connectivity index (χ4n) is 2.04. The van der Waals surface area contributed by atoms with E-state index in [-0.39, 0.29) is 18.7 Å².